The zero-order valence-corrected chi connectivity index (χ0v) is 22.3. The van der Waals surface area contributed by atoms with Gasteiger partial charge < -0.3 is 9.88 Å². The van der Waals surface area contributed by atoms with Crippen molar-refractivity contribution in [3.8, 4) is 28.1 Å². The van der Waals surface area contributed by atoms with Crippen LogP contribution in [0.4, 0.5) is 0 Å². The number of rotatable bonds is 4. The highest BCUT2D eigenvalue weighted by Gasteiger charge is 2.17. The van der Waals surface area contributed by atoms with E-state index in [1.165, 1.54) is 38.1 Å². The molecule has 0 unspecified atom stereocenters. The molecule has 8 rings (SSSR count). The fourth-order valence-electron chi connectivity index (χ4n) is 5.94. The highest BCUT2D eigenvalue weighted by atomic mass is 15.0. The first kappa shape index (κ1) is 23.4. The minimum absolute atomic E-state index is 0.856. The second kappa shape index (κ2) is 9.61. The van der Waals surface area contributed by atoms with Gasteiger partial charge in [0.25, 0.3) is 0 Å². The standard InChI is InChI=1S/C37H26N4/c1-2-8-30(9-3-1)41-36-22-25(28-14-18-35(40-24-28)29-7-6-19-38-23-29)11-16-32(36)33-17-12-26-21-27(13-15-31(26)37(33)41)34-10-4-5-20-39-34/h1-19,21-24,39H,20H2. The number of nitrogens with zero attached hydrogens (tertiary/aromatic N) is 3. The topological polar surface area (TPSA) is 42.7 Å². The number of hydrogen-bond donors (Lipinski definition) is 1. The molecule has 4 nitrogen and oxygen atoms in total. The Labute approximate surface area is 237 Å². The molecule has 4 heteroatoms. The predicted molar refractivity (Wildman–Crippen MR) is 170 cm³/mol. The third-order valence-electron chi connectivity index (χ3n) is 7.93. The van der Waals surface area contributed by atoms with Crippen LogP contribution < -0.4 is 5.32 Å². The van der Waals surface area contributed by atoms with Gasteiger partial charge in [0, 0.05) is 63.8 Å². The van der Waals surface area contributed by atoms with E-state index >= 15 is 0 Å². The highest BCUT2D eigenvalue weighted by Crippen LogP contribution is 2.39. The maximum atomic E-state index is 4.76. The molecule has 0 aliphatic carbocycles. The van der Waals surface area contributed by atoms with Crippen molar-refractivity contribution in [2.75, 3.05) is 6.54 Å². The summed E-state index contributed by atoms with van der Waals surface area (Å²) in [4.78, 5) is 8.99. The summed E-state index contributed by atoms with van der Waals surface area (Å²) in [5, 5.41) is 8.44. The fraction of sp³-hybridized carbons (Fsp3) is 0.0270. The maximum absolute atomic E-state index is 4.76. The number of nitrogens with one attached hydrogen (secondary N) is 1. The third kappa shape index (κ3) is 4.00. The van der Waals surface area contributed by atoms with Crippen LogP contribution in [0.5, 0.6) is 0 Å². The summed E-state index contributed by atoms with van der Waals surface area (Å²) in [5.74, 6) is 0. The molecule has 1 aliphatic heterocycles. The van der Waals surface area contributed by atoms with Gasteiger partial charge in [-0.25, -0.2) is 0 Å². The van der Waals surface area contributed by atoms with Gasteiger partial charge in [-0.1, -0.05) is 72.8 Å². The van der Waals surface area contributed by atoms with Crippen molar-refractivity contribution in [1.82, 2.24) is 19.9 Å². The van der Waals surface area contributed by atoms with Crippen LogP contribution in [0.25, 0.3) is 66.3 Å². The fourth-order valence-corrected chi connectivity index (χ4v) is 5.94. The number of allylic oxidation sites excluding steroid dienone is 2. The summed E-state index contributed by atoms with van der Waals surface area (Å²) in [6.07, 6.45) is 12.0. The van der Waals surface area contributed by atoms with Crippen LogP contribution in [0.2, 0.25) is 0 Å². The summed E-state index contributed by atoms with van der Waals surface area (Å²) in [7, 11) is 0. The van der Waals surface area contributed by atoms with Crippen molar-refractivity contribution in [1.29, 1.82) is 0 Å². The van der Waals surface area contributed by atoms with Crippen LogP contribution in [0.15, 0.2) is 140 Å². The summed E-state index contributed by atoms with van der Waals surface area (Å²) in [5.41, 5.74) is 10.1. The number of benzene rings is 4. The quantitative estimate of drug-likeness (QED) is 0.250. The molecule has 0 spiro atoms. The Balaban J connectivity index is 1.33. The average Bonchev–Trinajstić information content (AvgIpc) is 3.40. The lowest BCUT2D eigenvalue weighted by molar-refractivity contribution is 0.996. The lowest BCUT2D eigenvalue weighted by Crippen LogP contribution is -2.14. The van der Waals surface area contributed by atoms with Gasteiger partial charge in [0.1, 0.15) is 0 Å². The molecule has 41 heavy (non-hydrogen) atoms. The minimum atomic E-state index is 0.856. The van der Waals surface area contributed by atoms with E-state index in [1.807, 2.05) is 24.5 Å². The molecule has 4 aromatic carbocycles. The average molecular weight is 527 g/mol. The number of hydrogen-bond acceptors (Lipinski definition) is 3. The molecule has 194 valence electrons. The Morgan fingerprint density at radius 3 is 2.32 bits per heavy atom. The van der Waals surface area contributed by atoms with Gasteiger partial charge in [-0.15, -0.1) is 0 Å². The largest absolute Gasteiger partial charge is 0.381 e. The first-order valence-electron chi connectivity index (χ1n) is 13.9. The van der Waals surface area contributed by atoms with Gasteiger partial charge in [-0.3, -0.25) is 9.97 Å². The smallest absolute Gasteiger partial charge is 0.0717 e. The molecule has 0 atom stereocenters. The molecule has 0 saturated heterocycles. The van der Waals surface area contributed by atoms with Gasteiger partial charge in [0.15, 0.2) is 0 Å². The van der Waals surface area contributed by atoms with Crippen molar-refractivity contribution in [2.45, 2.75) is 0 Å². The van der Waals surface area contributed by atoms with Crippen LogP contribution >= 0.6 is 0 Å². The summed E-state index contributed by atoms with van der Waals surface area (Å²) < 4.78 is 2.41. The Kier molecular flexibility index (Phi) is 5.49. The Bertz CT molecular complexity index is 2120. The van der Waals surface area contributed by atoms with E-state index in [-0.39, 0.29) is 0 Å². The van der Waals surface area contributed by atoms with Gasteiger partial charge >= 0.3 is 0 Å². The van der Waals surface area contributed by atoms with E-state index in [0.717, 1.165) is 40.3 Å². The van der Waals surface area contributed by atoms with Crippen LogP contribution in [0.1, 0.15) is 5.56 Å². The van der Waals surface area contributed by atoms with Crippen molar-refractivity contribution >= 4 is 38.3 Å². The van der Waals surface area contributed by atoms with E-state index in [9.17, 15) is 0 Å². The van der Waals surface area contributed by atoms with Gasteiger partial charge in [0.05, 0.1) is 16.7 Å². The second-order valence-electron chi connectivity index (χ2n) is 10.4. The molecule has 0 radical (unpaired) electrons. The van der Waals surface area contributed by atoms with E-state index < -0.39 is 0 Å². The molecule has 1 aliphatic rings. The SMILES string of the molecule is C1=CCNC(c2ccc3c(ccc4c5ccc(-c6ccc(-c7cccnc7)nc6)cc5n(-c5ccccc5)c34)c2)=C1. The second-order valence-corrected chi connectivity index (χ2v) is 10.4. The van der Waals surface area contributed by atoms with Crippen LogP contribution in [-0.2, 0) is 0 Å². The Hall–Kier alpha value is -5.48. The zero-order chi connectivity index (χ0) is 27.2. The molecule has 3 aromatic heterocycles. The molecule has 4 heterocycles. The van der Waals surface area contributed by atoms with Crippen molar-refractivity contribution < 1.29 is 0 Å². The Morgan fingerprint density at radius 2 is 1.51 bits per heavy atom. The summed E-state index contributed by atoms with van der Waals surface area (Å²) in [6.45, 7) is 0.856. The lowest BCUT2D eigenvalue weighted by Gasteiger charge is -2.14. The Morgan fingerprint density at radius 1 is 0.659 bits per heavy atom. The normalized spacial score (nSPS) is 13.0. The van der Waals surface area contributed by atoms with E-state index in [1.54, 1.807) is 6.20 Å². The van der Waals surface area contributed by atoms with Crippen molar-refractivity contribution in [3.63, 3.8) is 0 Å². The maximum Gasteiger partial charge on any atom is 0.0717 e. The lowest BCUT2D eigenvalue weighted by atomic mass is 10.0. The molecule has 0 bridgehead atoms. The van der Waals surface area contributed by atoms with Crippen molar-refractivity contribution in [2.24, 2.45) is 0 Å². The van der Waals surface area contributed by atoms with Crippen LogP contribution in [0, 0.1) is 0 Å². The van der Waals surface area contributed by atoms with Crippen LogP contribution in [-0.4, -0.2) is 21.1 Å². The highest BCUT2D eigenvalue weighted by molar-refractivity contribution is 6.19. The molecule has 0 amide bonds. The molecule has 0 fully saturated rings. The minimum Gasteiger partial charge on any atom is -0.381 e. The molecule has 7 aromatic rings. The molecule has 0 saturated carbocycles. The zero-order valence-electron chi connectivity index (χ0n) is 22.3. The number of para-hydroxylation sites is 1. The number of fused-ring (bicyclic) bond motifs is 5. The molecular formula is C37H26N4. The number of aromatic nitrogens is 3. The van der Waals surface area contributed by atoms with E-state index in [2.05, 4.69) is 124 Å². The number of dihydropyridines is 1. The first-order valence-corrected chi connectivity index (χ1v) is 13.9. The van der Waals surface area contributed by atoms with E-state index in [4.69, 9.17) is 4.98 Å². The monoisotopic (exact) mass is 526 g/mol. The van der Waals surface area contributed by atoms with Gasteiger partial charge in [0.2, 0.25) is 0 Å². The van der Waals surface area contributed by atoms with Crippen LogP contribution in [0.3, 0.4) is 0 Å². The summed E-state index contributed by atoms with van der Waals surface area (Å²) >= 11 is 0. The first-order chi connectivity index (χ1) is 20.3. The van der Waals surface area contributed by atoms with Crippen molar-refractivity contribution in [3.05, 3.63) is 146 Å². The number of pyridine rings is 2. The molecule has 1 N–H and O–H groups in total. The predicted octanol–water partition coefficient (Wildman–Crippen LogP) is 8.56. The summed E-state index contributed by atoms with van der Waals surface area (Å²) in [6, 6.07) is 36.9. The van der Waals surface area contributed by atoms with Gasteiger partial charge in [-0.05, 0) is 65.1 Å². The van der Waals surface area contributed by atoms with E-state index in [0.29, 0.717) is 0 Å². The third-order valence-corrected chi connectivity index (χ3v) is 7.93. The van der Waals surface area contributed by atoms with Gasteiger partial charge in [-0.2, -0.15) is 0 Å². The molecular weight excluding hydrogens is 500 g/mol.